The number of carbonyl (C=O) groups is 3. The van der Waals surface area contributed by atoms with E-state index in [2.05, 4.69) is 43.5 Å². The van der Waals surface area contributed by atoms with Gasteiger partial charge in [-0.25, -0.2) is 0 Å². The normalized spacial score (nSPS) is 22.1. The number of anilines is 2. The molecule has 2 N–H and O–H groups in total. The quantitative estimate of drug-likeness (QED) is 0.131. The molecule has 1 fully saturated rings. The molecule has 8 rings (SSSR count). The first kappa shape index (κ1) is 41.3. The van der Waals surface area contributed by atoms with E-state index in [1.807, 2.05) is 66.7 Å². The van der Waals surface area contributed by atoms with Crippen LogP contribution in [0.3, 0.4) is 0 Å². The highest BCUT2D eigenvalue weighted by Gasteiger charge is 2.66. The summed E-state index contributed by atoms with van der Waals surface area (Å²) in [4.78, 5) is 46.5. The molecule has 5 aromatic rings. The summed E-state index contributed by atoms with van der Waals surface area (Å²) in [7, 11) is 0.665. The first-order valence-corrected chi connectivity index (χ1v) is 23.8. The van der Waals surface area contributed by atoms with Crippen molar-refractivity contribution in [2.75, 3.05) is 31.0 Å². The van der Waals surface area contributed by atoms with Crippen LogP contribution in [-0.4, -0.2) is 68.8 Å². The summed E-state index contributed by atoms with van der Waals surface area (Å²) in [6.07, 6.45) is 0.00132. The van der Waals surface area contributed by atoms with E-state index in [1.54, 1.807) is 54.4 Å². The molecule has 1 spiro atoms. The van der Waals surface area contributed by atoms with Crippen LogP contribution >= 0.6 is 11.6 Å². The molecule has 0 aromatic heterocycles. The number of nitrogens with zero attached hydrogens (tertiary/aromatic N) is 2. The average Bonchev–Trinajstić information content (AvgIpc) is 3.68. The number of carbonyl (C=O) groups excluding carboxylic acids is 3. The molecule has 310 valence electrons. The van der Waals surface area contributed by atoms with Crippen LogP contribution in [0, 0.1) is 5.92 Å². The molecule has 1 saturated heterocycles. The lowest BCUT2D eigenvalue weighted by molar-refractivity contribution is -0.151. The monoisotopic (exact) mass is 843 g/mol. The number of hydrogen-bond acceptors (Lipinski definition) is 7. The molecular formula is C48H50ClN3O7Si. The number of aliphatic hydroxyl groups excluding tert-OH is 1. The van der Waals surface area contributed by atoms with Crippen molar-refractivity contribution in [3.05, 3.63) is 148 Å². The van der Waals surface area contributed by atoms with Gasteiger partial charge in [0.1, 0.15) is 11.5 Å². The molecule has 5 aromatic carbocycles. The van der Waals surface area contributed by atoms with Crippen molar-refractivity contribution in [2.24, 2.45) is 5.92 Å². The standard InChI is InChI=1S/C48H50ClN3O7Si/c1-30-45(60(4,5)40-21-19-39(58-3)20-22-40)43(26-44(54)51-28-34-9-7-6-8-33(34)24-37(51)29-53)59-48(30)41-25-35(49)14-23-42(41)52(47(48)56)27-31-10-15-36(16-11-31)50-46(55)32-12-17-38(57-2)18-13-32/h6-23,25,30,37,43,45,53H,24,26-29H2,1-5H3,(H,50,55)/t30-,37+,43+,45-,48+/m1/s1. The van der Waals surface area contributed by atoms with Crippen molar-refractivity contribution in [3.63, 3.8) is 0 Å². The smallest absolute Gasteiger partial charge is 0.264 e. The highest BCUT2D eigenvalue weighted by Crippen LogP contribution is 2.60. The van der Waals surface area contributed by atoms with Gasteiger partial charge in [-0.1, -0.05) is 85.3 Å². The van der Waals surface area contributed by atoms with Gasteiger partial charge < -0.3 is 34.4 Å². The van der Waals surface area contributed by atoms with E-state index in [9.17, 15) is 14.7 Å². The topological polar surface area (TPSA) is 118 Å². The third-order valence-corrected chi connectivity index (χ3v) is 17.6. The molecule has 0 unspecified atom stereocenters. The number of aliphatic hydroxyl groups is 1. The van der Waals surface area contributed by atoms with Gasteiger partial charge >= 0.3 is 0 Å². The van der Waals surface area contributed by atoms with Gasteiger partial charge in [0, 0.05) is 34.3 Å². The zero-order valence-electron chi connectivity index (χ0n) is 34.5. The van der Waals surface area contributed by atoms with Crippen molar-refractivity contribution in [1.29, 1.82) is 0 Å². The molecule has 12 heteroatoms. The zero-order valence-corrected chi connectivity index (χ0v) is 36.2. The second-order valence-electron chi connectivity index (χ2n) is 16.6. The largest absolute Gasteiger partial charge is 0.497 e. The second kappa shape index (κ2) is 16.5. The van der Waals surface area contributed by atoms with Crippen LogP contribution in [0.15, 0.2) is 115 Å². The molecule has 5 atom stereocenters. The number of rotatable bonds is 11. The zero-order chi connectivity index (χ0) is 42.3. The molecule has 3 aliphatic heterocycles. The summed E-state index contributed by atoms with van der Waals surface area (Å²) in [6.45, 7) is 7.15. The van der Waals surface area contributed by atoms with Crippen LogP contribution in [0.2, 0.25) is 23.7 Å². The Morgan fingerprint density at radius 1 is 0.900 bits per heavy atom. The van der Waals surface area contributed by atoms with Gasteiger partial charge in [0.15, 0.2) is 5.60 Å². The Morgan fingerprint density at radius 2 is 1.55 bits per heavy atom. The number of methoxy groups -OCH3 is 2. The summed E-state index contributed by atoms with van der Waals surface area (Å²) >= 11 is 6.74. The highest BCUT2D eigenvalue weighted by atomic mass is 35.5. The van der Waals surface area contributed by atoms with Crippen molar-refractivity contribution in [2.45, 2.75) is 69.2 Å². The van der Waals surface area contributed by atoms with Gasteiger partial charge in [-0.2, -0.15) is 0 Å². The van der Waals surface area contributed by atoms with Crippen molar-refractivity contribution in [1.82, 2.24) is 4.90 Å². The molecular weight excluding hydrogens is 794 g/mol. The third kappa shape index (κ3) is 7.38. The fraction of sp³-hybridized carbons (Fsp3) is 0.312. The number of fused-ring (bicyclic) bond motifs is 3. The minimum absolute atomic E-state index is 0.0505. The Bertz CT molecular complexity index is 2410. The first-order chi connectivity index (χ1) is 28.9. The average molecular weight is 844 g/mol. The van der Waals surface area contributed by atoms with Crippen LogP contribution in [0.25, 0.3) is 0 Å². The third-order valence-electron chi connectivity index (χ3n) is 13.0. The Hall–Kier alpha value is -5.46. The minimum Gasteiger partial charge on any atom is -0.497 e. The number of ether oxygens (including phenoxy) is 3. The second-order valence-corrected chi connectivity index (χ2v) is 21.7. The van der Waals surface area contributed by atoms with Crippen LogP contribution in [0.5, 0.6) is 11.5 Å². The first-order valence-electron chi connectivity index (χ1n) is 20.3. The van der Waals surface area contributed by atoms with E-state index in [0.717, 1.165) is 27.6 Å². The van der Waals surface area contributed by atoms with Gasteiger partial charge in [-0.3, -0.25) is 14.4 Å². The van der Waals surface area contributed by atoms with Crippen LogP contribution < -0.4 is 24.9 Å². The number of halogens is 1. The summed E-state index contributed by atoms with van der Waals surface area (Å²) in [5.41, 5.74) is 3.97. The van der Waals surface area contributed by atoms with Crippen LogP contribution in [0.1, 0.15) is 46.0 Å². The van der Waals surface area contributed by atoms with Crippen LogP contribution in [0.4, 0.5) is 11.4 Å². The van der Waals surface area contributed by atoms with E-state index in [4.69, 9.17) is 25.8 Å². The molecule has 0 aliphatic carbocycles. The molecule has 0 bridgehead atoms. The molecule has 0 radical (unpaired) electrons. The van der Waals surface area contributed by atoms with E-state index in [1.165, 1.54) is 0 Å². The Kier molecular flexibility index (Phi) is 11.4. The molecule has 0 saturated carbocycles. The van der Waals surface area contributed by atoms with E-state index in [-0.39, 0.29) is 54.8 Å². The summed E-state index contributed by atoms with van der Waals surface area (Å²) in [5, 5.41) is 15.1. The Labute approximate surface area is 357 Å². The number of hydrogen-bond donors (Lipinski definition) is 2. The minimum atomic E-state index is -2.56. The van der Waals surface area contributed by atoms with Gasteiger partial charge in [0.25, 0.3) is 11.8 Å². The predicted octanol–water partition coefficient (Wildman–Crippen LogP) is 7.71. The lowest BCUT2D eigenvalue weighted by atomic mass is 9.82. The predicted molar refractivity (Wildman–Crippen MR) is 236 cm³/mol. The summed E-state index contributed by atoms with van der Waals surface area (Å²) in [6, 6.07) is 35.6. The number of amides is 3. The maximum Gasteiger partial charge on any atom is 0.264 e. The number of benzene rings is 5. The summed E-state index contributed by atoms with van der Waals surface area (Å²) in [5.74, 6) is 0.499. The molecule has 3 heterocycles. The van der Waals surface area contributed by atoms with Gasteiger partial charge in [0.2, 0.25) is 5.91 Å². The molecule has 60 heavy (non-hydrogen) atoms. The number of nitrogens with one attached hydrogen (secondary N) is 1. The molecule has 10 nitrogen and oxygen atoms in total. The maximum atomic E-state index is 15.4. The SMILES string of the molecule is COc1ccc(C(=O)Nc2ccc(CN3C(=O)[C@@]4(O[C@@H](CC(=O)N5Cc6ccccc6C[C@H]5CO)[C@H]([Si](C)(C)c5ccc(OC)cc5)[C@H]4C)c4cc(Cl)ccc43)cc2)cc1. The lowest BCUT2D eigenvalue weighted by Crippen LogP contribution is -2.52. The van der Waals surface area contributed by atoms with Gasteiger partial charge in [-0.15, -0.1) is 0 Å². The molecule has 3 aliphatic rings. The Balaban J connectivity index is 1.11. The highest BCUT2D eigenvalue weighted by molar-refractivity contribution is 6.91. The maximum absolute atomic E-state index is 15.4. The lowest BCUT2D eigenvalue weighted by Gasteiger charge is -2.39. The Morgan fingerprint density at radius 3 is 2.20 bits per heavy atom. The summed E-state index contributed by atoms with van der Waals surface area (Å²) < 4.78 is 18.0. The molecule has 3 amide bonds. The van der Waals surface area contributed by atoms with Crippen molar-refractivity contribution < 1.29 is 33.7 Å². The van der Waals surface area contributed by atoms with E-state index < -0.39 is 19.8 Å². The van der Waals surface area contributed by atoms with Crippen molar-refractivity contribution in [3.8, 4) is 11.5 Å². The van der Waals surface area contributed by atoms with Gasteiger partial charge in [-0.05, 0) is 95.4 Å². The van der Waals surface area contributed by atoms with Gasteiger partial charge in [0.05, 0.1) is 59.7 Å². The van der Waals surface area contributed by atoms with Crippen LogP contribution in [-0.2, 0) is 39.4 Å². The van der Waals surface area contributed by atoms with E-state index >= 15 is 4.79 Å². The van der Waals surface area contributed by atoms with Crippen molar-refractivity contribution >= 4 is 54.0 Å². The fourth-order valence-electron chi connectivity index (χ4n) is 9.80. The van der Waals surface area contributed by atoms with E-state index in [0.29, 0.717) is 46.2 Å². The fourth-order valence-corrected chi connectivity index (χ4v) is 14.0.